The van der Waals surface area contributed by atoms with Gasteiger partial charge >= 0.3 is 0 Å². The van der Waals surface area contributed by atoms with Gasteiger partial charge < -0.3 is 15.0 Å². The molecule has 0 bridgehead atoms. The average molecular weight is 370 g/mol. The lowest BCUT2D eigenvalue weighted by Gasteiger charge is -2.50. The Morgan fingerprint density at radius 1 is 1.22 bits per heavy atom. The van der Waals surface area contributed by atoms with E-state index in [9.17, 15) is 14.0 Å². The number of β-lactam (4-membered cyclic amide) rings is 1. The Balaban J connectivity index is 1.82. The molecule has 0 spiro atoms. The minimum absolute atomic E-state index is 0.0847. The first-order valence-electron chi connectivity index (χ1n) is 8.92. The van der Waals surface area contributed by atoms with Crippen molar-refractivity contribution in [1.29, 1.82) is 0 Å². The number of hydrogen-bond acceptors (Lipinski definition) is 3. The van der Waals surface area contributed by atoms with Gasteiger partial charge in [-0.15, -0.1) is 0 Å². The van der Waals surface area contributed by atoms with Crippen LogP contribution in [0, 0.1) is 5.82 Å². The summed E-state index contributed by atoms with van der Waals surface area (Å²) in [6, 6.07) is 12.9. The lowest BCUT2D eigenvalue weighted by Crippen LogP contribution is -2.63. The van der Waals surface area contributed by atoms with Crippen molar-refractivity contribution < 1.29 is 18.7 Å². The van der Waals surface area contributed by atoms with Crippen LogP contribution >= 0.6 is 0 Å². The molecule has 0 radical (unpaired) electrons. The van der Waals surface area contributed by atoms with Crippen molar-refractivity contribution in [2.75, 3.05) is 12.4 Å². The summed E-state index contributed by atoms with van der Waals surface area (Å²) in [6.45, 7) is 3.64. The lowest BCUT2D eigenvalue weighted by molar-refractivity contribution is -0.162. The normalized spacial score (nSPS) is 18.4. The first-order chi connectivity index (χ1) is 12.9. The average Bonchev–Trinajstić information content (AvgIpc) is 2.67. The van der Waals surface area contributed by atoms with Crippen LogP contribution in [0.25, 0.3) is 0 Å². The summed E-state index contributed by atoms with van der Waals surface area (Å²) in [6.07, 6.45) is 0.773. The molecular weight excluding hydrogens is 347 g/mol. The summed E-state index contributed by atoms with van der Waals surface area (Å²) in [7, 11) is 1.58. The van der Waals surface area contributed by atoms with E-state index in [2.05, 4.69) is 5.32 Å². The number of carbonyl (C=O) groups excluding carboxylic acids is 2. The summed E-state index contributed by atoms with van der Waals surface area (Å²) >= 11 is 0. The molecule has 5 nitrogen and oxygen atoms in total. The minimum Gasteiger partial charge on any atom is -0.497 e. The summed E-state index contributed by atoms with van der Waals surface area (Å²) in [5, 5.41) is 2.89. The van der Waals surface area contributed by atoms with E-state index in [1.807, 2.05) is 6.92 Å². The number of hydrogen-bond donors (Lipinski definition) is 1. The molecule has 1 heterocycles. The summed E-state index contributed by atoms with van der Waals surface area (Å²) in [5.41, 5.74) is 0.452. The third kappa shape index (κ3) is 3.52. The highest BCUT2D eigenvalue weighted by molar-refractivity contribution is 6.01. The molecule has 0 aromatic heterocycles. The zero-order valence-electron chi connectivity index (χ0n) is 15.7. The number of anilines is 1. The maximum absolute atomic E-state index is 13.2. The smallest absolute Gasteiger partial charge is 0.250 e. The van der Waals surface area contributed by atoms with Gasteiger partial charge in [-0.1, -0.05) is 19.1 Å². The standard InChI is InChI=1S/C21H23FN2O3/c1-4-21(2,20(26)23-16-9-11-17(27-3)12-10-16)24-18(13-19(24)25)14-5-7-15(22)8-6-14/h5-12,18H,4,13H2,1-3H3,(H,23,26). The Kier molecular flexibility index (Phi) is 5.17. The zero-order chi connectivity index (χ0) is 19.6. The van der Waals surface area contributed by atoms with Gasteiger partial charge in [-0.3, -0.25) is 9.59 Å². The molecule has 2 aromatic carbocycles. The highest BCUT2D eigenvalue weighted by atomic mass is 19.1. The van der Waals surface area contributed by atoms with Gasteiger partial charge in [0, 0.05) is 5.69 Å². The maximum atomic E-state index is 13.2. The first kappa shape index (κ1) is 18.9. The largest absolute Gasteiger partial charge is 0.497 e. The van der Waals surface area contributed by atoms with Crippen LogP contribution in [0.15, 0.2) is 48.5 Å². The maximum Gasteiger partial charge on any atom is 0.250 e. The van der Waals surface area contributed by atoms with E-state index in [4.69, 9.17) is 4.74 Å². The first-order valence-corrected chi connectivity index (χ1v) is 8.92. The highest BCUT2D eigenvalue weighted by Crippen LogP contribution is 2.42. The fourth-order valence-corrected chi connectivity index (χ4v) is 3.37. The molecule has 1 fully saturated rings. The van der Waals surface area contributed by atoms with Crippen molar-refractivity contribution in [2.24, 2.45) is 0 Å². The van der Waals surface area contributed by atoms with Crippen LogP contribution in [0.4, 0.5) is 10.1 Å². The van der Waals surface area contributed by atoms with E-state index in [0.717, 1.165) is 5.56 Å². The molecule has 3 rings (SSSR count). The predicted octanol–water partition coefficient (Wildman–Crippen LogP) is 3.92. The lowest BCUT2D eigenvalue weighted by atomic mass is 9.83. The van der Waals surface area contributed by atoms with Gasteiger partial charge in [0.15, 0.2) is 0 Å². The van der Waals surface area contributed by atoms with Crippen molar-refractivity contribution in [2.45, 2.75) is 38.3 Å². The monoisotopic (exact) mass is 370 g/mol. The summed E-state index contributed by atoms with van der Waals surface area (Å²) in [4.78, 5) is 27.0. The molecule has 6 heteroatoms. The third-order valence-electron chi connectivity index (χ3n) is 5.26. The van der Waals surface area contributed by atoms with Crippen LogP contribution in [-0.2, 0) is 9.59 Å². The molecule has 0 aliphatic carbocycles. The topological polar surface area (TPSA) is 58.6 Å². The Hall–Kier alpha value is -2.89. The van der Waals surface area contributed by atoms with Gasteiger partial charge in [0.1, 0.15) is 17.1 Å². The molecule has 1 N–H and O–H groups in total. The number of halogens is 1. The molecule has 1 aliphatic rings. The number of benzene rings is 2. The molecule has 2 unspecified atom stereocenters. The number of nitrogens with one attached hydrogen (secondary N) is 1. The zero-order valence-corrected chi connectivity index (χ0v) is 15.7. The van der Waals surface area contributed by atoms with Crippen LogP contribution in [-0.4, -0.2) is 29.4 Å². The predicted molar refractivity (Wildman–Crippen MR) is 101 cm³/mol. The fourth-order valence-electron chi connectivity index (χ4n) is 3.37. The molecular formula is C21H23FN2O3. The number of amides is 2. The van der Waals surface area contributed by atoms with Gasteiger partial charge in [0.2, 0.25) is 11.8 Å². The summed E-state index contributed by atoms with van der Waals surface area (Å²) < 4.78 is 18.3. The van der Waals surface area contributed by atoms with Gasteiger partial charge in [-0.2, -0.15) is 0 Å². The van der Waals surface area contributed by atoms with Gasteiger partial charge in [-0.25, -0.2) is 4.39 Å². The van der Waals surface area contributed by atoms with Crippen molar-refractivity contribution >= 4 is 17.5 Å². The number of likely N-dealkylation sites (tertiary alicyclic amines) is 1. The second kappa shape index (κ2) is 7.39. The summed E-state index contributed by atoms with van der Waals surface area (Å²) in [5.74, 6) is 0.0286. The van der Waals surface area contributed by atoms with E-state index >= 15 is 0 Å². The van der Waals surface area contributed by atoms with Crippen LogP contribution in [0.5, 0.6) is 5.75 Å². The Labute approximate surface area is 158 Å². The molecule has 27 heavy (non-hydrogen) atoms. The van der Waals surface area contributed by atoms with Gasteiger partial charge in [0.05, 0.1) is 19.6 Å². The fraction of sp³-hybridized carbons (Fsp3) is 0.333. The molecule has 1 aliphatic heterocycles. The van der Waals surface area contributed by atoms with Crippen LogP contribution in [0.1, 0.15) is 38.3 Å². The van der Waals surface area contributed by atoms with E-state index in [0.29, 0.717) is 24.3 Å². The van der Waals surface area contributed by atoms with E-state index in [1.54, 1.807) is 55.3 Å². The molecule has 2 atom stereocenters. The number of ether oxygens (including phenoxy) is 1. The molecule has 142 valence electrons. The molecule has 1 saturated heterocycles. The van der Waals surface area contributed by atoms with Crippen molar-refractivity contribution in [1.82, 2.24) is 4.90 Å². The number of carbonyl (C=O) groups is 2. The second-order valence-corrected chi connectivity index (χ2v) is 6.85. The van der Waals surface area contributed by atoms with Crippen molar-refractivity contribution in [3.05, 3.63) is 59.9 Å². The number of methoxy groups -OCH3 is 1. The highest BCUT2D eigenvalue weighted by Gasteiger charge is 2.51. The number of nitrogens with zero attached hydrogens (tertiary/aromatic N) is 1. The van der Waals surface area contributed by atoms with Gasteiger partial charge in [-0.05, 0) is 55.3 Å². The second-order valence-electron chi connectivity index (χ2n) is 6.85. The number of rotatable bonds is 6. The molecule has 0 saturated carbocycles. The molecule has 2 amide bonds. The van der Waals surface area contributed by atoms with E-state index < -0.39 is 5.54 Å². The Morgan fingerprint density at radius 3 is 2.37 bits per heavy atom. The van der Waals surface area contributed by atoms with Crippen LogP contribution in [0.3, 0.4) is 0 Å². The quantitative estimate of drug-likeness (QED) is 0.784. The Bertz CT molecular complexity index is 836. The third-order valence-corrected chi connectivity index (χ3v) is 5.26. The Morgan fingerprint density at radius 2 is 1.85 bits per heavy atom. The van der Waals surface area contributed by atoms with E-state index in [-0.39, 0.29) is 23.7 Å². The molecule has 2 aromatic rings. The van der Waals surface area contributed by atoms with E-state index in [1.165, 1.54) is 12.1 Å². The van der Waals surface area contributed by atoms with Crippen molar-refractivity contribution in [3.63, 3.8) is 0 Å². The SMILES string of the molecule is CCC(C)(C(=O)Nc1ccc(OC)cc1)N1C(=O)CC1c1ccc(F)cc1. The minimum atomic E-state index is -1.01. The van der Waals surface area contributed by atoms with Gasteiger partial charge in [0.25, 0.3) is 0 Å². The van der Waals surface area contributed by atoms with Crippen LogP contribution < -0.4 is 10.1 Å². The van der Waals surface area contributed by atoms with Crippen LogP contribution in [0.2, 0.25) is 0 Å². The van der Waals surface area contributed by atoms with Crippen molar-refractivity contribution in [3.8, 4) is 5.75 Å².